The lowest BCUT2D eigenvalue weighted by Gasteiger charge is -2.24. The Kier molecular flexibility index (Phi) is 5.79. The number of nitrogens with one attached hydrogen (secondary N) is 4. The fourth-order valence-electron chi connectivity index (χ4n) is 8.28. The minimum atomic E-state index is -0.380. The van der Waals surface area contributed by atoms with Gasteiger partial charge in [0.2, 0.25) is 0 Å². The first-order chi connectivity index (χ1) is 23.3. The van der Waals surface area contributed by atoms with Crippen LogP contribution in [-0.2, 0) is 38.5 Å². The number of halogens is 2. The molecule has 6 aliphatic rings. The first-order valence-corrected chi connectivity index (χ1v) is 17.0. The first-order valence-electron chi connectivity index (χ1n) is 16.6. The number of rotatable bonds is 1. The van der Waals surface area contributed by atoms with Crippen molar-refractivity contribution in [3.63, 3.8) is 0 Å². The van der Waals surface area contributed by atoms with E-state index in [2.05, 4.69) is 35.6 Å². The number of hydrogen-bond donors (Lipinski definition) is 4. The molecule has 5 aromatic rings. The van der Waals surface area contributed by atoms with Crippen molar-refractivity contribution in [1.82, 2.24) is 35.6 Å². The number of carbonyl (C=O) groups excluding carboxylic acids is 2. The number of hydrogen-bond acceptors (Lipinski definition) is 5. The largest absolute Gasteiger partial charge is 0.357 e. The molecule has 11 heteroatoms. The van der Waals surface area contributed by atoms with Gasteiger partial charge in [-0.15, -0.1) is 0 Å². The van der Waals surface area contributed by atoms with E-state index in [-0.39, 0.29) is 28.7 Å². The van der Waals surface area contributed by atoms with Crippen LogP contribution in [0.5, 0.6) is 0 Å². The zero-order chi connectivity index (χ0) is 32.4. The standard InChI is InChI=1S/C21H17FN4O.C16H14ClN3O/c22-13-5-12(8-23-10-13)16-6-15-11(9-24-16)1-2-14-18-17(25-19(14)15)7-21(3-4-21)26-20(18)27;17-12-5-10-8(7-18-12)1-2-9-13-11(19-14(9)10)6-16(3-4-16)20-15(13)21/h5-6,8-10,25H,1-4,7H2,(H,26,27);5,7,19H,1-4,6H2,(H,20,21). The zero-order valence-corrected chi connectivity index (χ0v) is 26.8. The van der Waals surface area contributed by atoms with E-state index in [9.17, 15) is 14.0 Å². The Morgan fingerprint density at radius 2 is 1.25 bits per heavy atom. The summed E-state index contributed by atoms with van der Waals surface area (Å²) in [5, 5.41) is 6.90. The van der Waals surface area contributed by atoms with Crippen LogP contribution in [0.2, 0.25) is 5.15 Å². The summed E-state index contributed by atoms with van der Waals surface area (Å²) in [4.78, 5) is 44.9. The molecule has 2 fully saturated rings. The minimum Gasteiger partial charge on any atom is -0.357 e. The molecule has 0 aromatic carbocycles. The monoisotopic (exact) mass is 659 g/mol. The van der Waals surface area contributed by atoms with Gasteiger partial charge in [0.25, 0.3) is 11.8 Å². The second-order valence-corrected chi connectivity index (χ2v) is 14.7. The molecule has 0 atom stereocenters. The fraction of sp³-hybridized carbons (Fsp3) is 0.324. The molecule has 0 bridgehead atoms. The predicted molar refractivity (Wildman–Crippen MR) is 177 cm³/mol. The lowest BCUT2D eigenvalue weighted by Crippen LogP contribution is -2.43. The summed E-state index contributed by atoms with van der Waals surface area (Å²) >= 11 is 6.05. The fourth-order valence-corrected chi connectivity index (χ4v) is 8.44. The maximum absolute atomic E-state index is 13.6. The van der Waals surface area contributed by atoms with E-state index in [1.807, 2.05) is 24.5 Å². The molecule has 5 aromatic heterocycles. The van der Waals surface area contributed by atoms with Crippen molar-refractivity contribution in [2.45, 2.75) is 75.3 Å². The Bertz CT molecular complexity index is 2250. The van der Waals surface area contributed by atoms with Crippen LogP contribution in [0.1, 0.15) is 80.0 Å². The molecule has 0 saturated heterocycles. The maximum Gasteiger partial charge on any atom is 0.253 e. The molecule has 2 amide bonds. The number of nitrogens with zero attached hydrogens (tertiary/aromatic N) is 3. The summed E-state index contributed by atoms with van der Waals surface area (Å²) in [6.45, 7) is 0. The molecule has 2 saturated carbocycles. The van der Waals surface area contributed by atoms with E-state index < -0.39 is 0 Å². The minimum absolute atomic E-state index is 0.0169. The van der Waals surface area contributed by atoms with Crippen molar-refractivity contribution < 1.29 is 14.0 Å². The third-order valence-corrected chi connectivity index (χ3v) is 11.3. The molecule has 0 unspecified atom stereocenters. The van der Waals surface area contributed by atoms with Gasteiger partial charge in [0.05, 0.1) is 34.4 Å². The molecular weight excluding hydrogens is 629 g/mol. The number of aromatic nitrogens is 5. The van der Waals surface area contributed by atoms with Crippen molar-refractivity contribution >= 4 is 23.4 Å². The Balaban J connectivity index is 0.000000127. The average molecular weight is 660 g/mol. The van der Waals surface area contributed by atoms with Gasteiger partial charge in [-0.3, -0.25) is 19.6 Å². The van der Waals surface area contributed by atoms with E-state index >= 15 is 0 Å². The van der Waals surface area contributed by atoms with Crippen LogP contribution in [0.4, 0.5) is 4.39 Å². The quantitative estimate of drug-likeness (QED) is 0.168. The van der Waals surface area contributed by atoms with Crippen molar-refractivity contribution in [3.05, 3.63) is 98.7 Å². The predicted octanol–water partition coefficient (Wildman–Crippen LogP) is 5.84. The number of fused-ring (bicyclic) bond motifs is 10. The van der Waals surface area contributed by atoms with Crippen molar-refractivity contribution in [1.29, 1.82) is 0 Å². The first kappa shape index (κ1) is 28.2. The van der Waals surface area contributed by atoms with E-state index in [1.54, 1.807) is 6.20 Å². The summed E-state index contributed by atoms with van der Waals surface area (Å²) in [6.07, 6.45) is 16.1. The van der Waals surface area contributed by atoms with Gasteiger partial charge in [-0.2, -0.15) is 0 Å². The lowest BCUT2D eigenvalue weighted by atomic mass is 9.87. The van der Waals surface area contributed by atoms with Gasteiger partial charge in [-0.05, 0) is 91.8 Å². The normalized spacial score (nSPS) is 19.4. The van der Waals surface area contributed by atoms with Gasteiger partial charge in [-0.25, -0.2) is 9.37 Å². The van der Waals surface area contributed by atoms with E-state index in [0.29, 0.717) is 16.4 Å². The molecular formula is C37H31ClFN7O2. The van der Waals surface area contributed by atoms with Crippen LogP contribution < -0.4 is 10.6 Å². The summed E-state index contributed by atoms with van der Waals surface area (Å²) < 4.78 is 13.6. The van der Waals surface area contributed by atoms with Crippen LogP contribution in [0.3, 0.4) is 0 Å². The van der Waals surface area contributed by atoms with Gasteiger partial charge in [0.15, 0.2) is 0 Å². The molecule has 240 valence electrons. The number of amides is 2. The van der Waals surface area contributed by atoms with Crippen LogP contribution in [0.25, 0.3) is 33.8 Å². The average Bonchev–Trinajstić information content (AvgIpc) is 3.91. The number of carbonyl (C=O) groups is 2. The van der Waals surface area contributed by atoms with Crippen LogP contribution >= 0.6 is 11.6 Å². The number of pyridine rings is 3. The highest BCUT2D eigenvalue weighted by Crippen LogP contribution is 2.47. The molecule has 2 spiro atoms. The molecule has 11 rings (SSSR count). The highest BCUT2D eigenvalue weighted by atomic mass is 35.5. The molecule has 4 aliphatic carbocycles. The van der Waals surface area contributed by atoms with Crippen LogP contribution in [0, 0.1) is 5.82 Å². The van der Waals surface area contributed by atoms with Gasteiger partial charge in [-0.1, -0.05) is 11.6 Å². The highest BCUT2D eigenvalue weighted by Gasteiger charge is 2.50. The van der Waals surface area contributed by atoms with Crippen LogP contribution in [-0.4, -0.2) is 47.8 Å². The third-order valence-electron chi connectivity index (χ3n) is 11.1. The topological polar surface area (TPSA) is 128 Å². The Morgan fingerprint density at radius 3 is 1.81 bits per heavy atom. The van der Waals surface area contributed by atoms with E-state index in [0.717, 1.165) is 126 Å². The molecule has 0 radical (unpaired) electrons. The van der Waals surface area contributed by atoms with Crippen molar-refractivity contribution in [2.24, 2.45) is 0 Å². The number of H-pyrrole nitrogens is 2. The van der Waals surface area contributed by atoms with Crippen molar-refractivity contribution in [3.8, 4) is 33.8 Å². The Labute approximate surface area is 280 Å². The maximum atomic E-state index is 13.6. The SMILES string of the molecule is O=C1NC2(CC2)Cc2[nH]c3c(c21)CCc1cnc(-c2cncc(F)c2)cc1-3.O=C1NC2(CC2)Cc2[nH]c3c(c21)CCc1cnc(Cl)cc1-3. The van der Waals surface area contributed by atoms with E-state index in [1.165, 1.54) is 17.8 Å². The second kappa shape index (κ2) is 9.85. The lowest BCUT2D eigenvalue weighted by molar-refractivity contribution is 0.0908. The number of aromatic amines is 2. The zero-order valence-electron chi connectivity index (χ0n) is 26.0. The summed E-state index contributed by atoms with van der Waals surface area (Å²) in [5.74, 6) is -0.234. The Morgan fingerprint density at radius 1 is 0.688 bits per heavy atom. The van der Waals surface area contributed by atoms with Gasteiger partial charge in [0, 0.05) is 70.6 Å². The van der Waals surface area contributed by atoms with Gasteiger partial charge >= 0.3 is 0 Å². The van der Waals surface area contributed by atoms with Gasteiger partial charge < -0.3 is 20.6 Å². The summed E-state index contributed by atoms with van der Waals surface area (Å²) in [7, 11) is 0. The van der Waals surface area contributed by atoms with Gasteiger partial charge in [0.1, 0.15) is 11.0 Å². The molecule has 7 heterocycles. The molecule has 2 aliphatic heterocycles. The smallest absolute Gasteiger partial charge is 0.253 e. The van der Waals surface area contributed by atoms with Crippen LogP contribution in [0.15, 0.2) is 43.0 Å². The molecule has 4 N–H and O–H groups in total. The number of aryl methyl sites for hydroxylation is 2. The molecule has 48 heavy (non-hydrogen) atoms. The summed E-state index contributed by atoms with van der Waals surface area (Å²) in [6, 6.07) is 5.33. The highest BCUT2D eigenvalue weighted by molar-refractivity contribution is 6.29. The molecule has 9 nitrogen and oxygen atoms in total. The third kappa shape index (κ3) is 4.38. The van der Waals surface area contributed by atoms with E-state index in [4.69, 9.17) is 11.6 Å². The Hall–Kier alpha value is -4.83. The summed E-state index contributed by atoms with van der Waals surface area (Å²) in [5.41, 5.74) is 14.0. The van der Waals surface area contributed by atoms with Crippen molar-refractivity contribution in [2.75, 3.05) is 0 Å². The second-order valence-electron chi connectivity index (χ2n) is 14.3.